The summed E-state index contributed by atoms with van der Waals surface area (Å²) in [7, 11) is 0. The van der Waals surface area contributed by atoms with E-state index >= 15 is 0 Å². The molecule has 6 heteroatoms. The number of nitrogens with one attached hydrogen (secondary N) is 1. The minimum atomic E-state index is -1.38. The lowest BCUT2D eigenvalue weighted by atomic mass is 10.2. The van der Waals surface area contributed by atoms with Crippen molar-refractivity contribution in [2.24, 2.45) is 0 Å². The van der Waals surface area contributed by atoms with Gasteiger partial charge in [0.15, 0.2) is 0 Å². The first-order valence-electron chi connectivity index (χ1n) is 5.01. The predicted octanol–water partition coefficient (Wildman–Crippen LogP) is 1.31. The molecule has 18 heavy (non-hydrogen) atoms. The fourth-order valence-corrected chi connectivity index (χ4v) is 1.63. The van der Waals surface area contributed by atoms with Crippen LogP contribution in [-0.4, -0.2) is 11.9 Å². The van der Waals surface area contributed by atoms with Gasteiger partial charge in [-0.05, 0) is 30.2 Å². The molecule has 1 amide bonds. The molecule has 0 unspecified atom stereocenters. The van der Waals surface area contributed by atoms with Gasteiger partial charge in [-0.3, -0.25) is 4.79 Å². The first-order valence-corrected chi connectivity index (χ1v) is 5.77. The van der Waals surface area contributed by atoms with Crippen LogP contribution in [0.5, 0.6) is 0 Å². The highest BCUT2D eigenvalue weighted by Crippen LogP contribution is 2.20. The van der Waals surface area contributed by atoms with Crippen molar-refractivity contribution in [2.75, 3.05) is 0 Å². The number of hydrogen-bond donors (Lipinski definition) is 1. The van der Waals surface area contributed by atoms with Crippen LogP contribution in [0.4, 0.5) is 0 Å². The molecule has 0 aromatic heterocycles. The SMILES string of the molecule is CC(=CC(=O)NCc1ccc(Cl)cc1Cl)C(=O)[O-]. The molecule has 96 valence electrons. The lowest BCUT2D eigenvalue weighted by Gasteiger charge is -2.06. The Labute approximate surface area is 114 Å². The van der Waals surface area contributed by atoms with E-state index in [9.17, 15) is 14.7 Å². The van der Waals surface area contributed by atoms with E-state index < -0.39 is 11.9 Å². The van der Waals surface area contributed by atoms with E-state index in [1.807, 2.05) is 0 Å². The molecule has 0 aliphatic carbocycles. The largest absolute Gasteiger partial charge is 0.545 e. The van der Waals surface area contributed by atoms with Crippen molar-refractivity contribution in [2.45, 2.75) is 13.5 Å². The van der Waals surface area contributed by atoms with Gasteiger partial charge in [0.1, 0.15) is 0 Å². The zero-order valence-electron chi connectivity index (χ0n) is 9.50. The van der Waals surface area contributed by atoms with Crippen molar-refractivity contribution in [3.05, 3.63) is 45.5 Å². The Kier molecular flexibility index (Phi) is 5.19. The van der Waals surface area contributed by atoms with Crippen LogP contribution in [0.25, 0.3) is 0 Å². The average Bonchev–Trinajstić information content (AvgIpc) is 2.27. The number of halogens is 2. The number of benzene rings is 1. The summed E-state index contributed by atoms with van der Waals surface area (Å²) in [4.78, 5) is 21.8. The second-order valence-corrected chi connectivity index (χ2v) is 4.41. The molecular weight excluding hydrogens is 277 g/mol. The van der Waals surface area contributed by atoms with E-state index in [1.54, 1.807) is 18.2 Å². The first kappa shape index (κ1) is 14.5. The van der Waals surface area contributed by atoms with E-state index in [-0.39, 0.29) is 12.1 Å². The number of carbonyl (C=O) groups excluding carboxylic acids is 2. The van der Waals surface area contributed by atoms with Crippen LogP contribution in [0.15, 0.2) is 29.8 Å². The fourth-order valence-electron chi connectivity index (χ4n) is 1.15. The maximum absolute atomic E-state index is 11.4. The molecule has 0 saturated heterocycles. The van der Waals surface area contributed by atoms with Gasteiger partial charge in [0, 0.05) is 22.7 Å². The monoisotopic (exact) mass is 286 g/mol. The Morgan fingerprint density at radius 2 is 2.06 bits per heavy atom. The van der Waals surface area contributed by atoms with Gasteiger partial charge >= 0.3 is 0 Å². The van der Waals surface area contributed by atoms with Gasteiger partial charge < -0.3 is 15.2 Å². The van der Waals surface area contributed by atoms with E-state index in [0.717, 1.165) is 6.08 Å². The molecule has 0 fully saturated rings. The highest BCUT2D eigenvalue weighted by atomic mass is 35.5. The maximum atomic E-state index is 11.4. The molecule has 0 saturated carbocycles. The molecule has 1 rings (SSSR count). The molecule has 0 atom stereocenters. The van der Waals surface area contributed by atoms with Crippen molar-refractivity contribution < 1.29 is 14.7 Å². The summed E-state index contributed by atoms with van der Waals surface area (Å²) in [5, 5.41) is 13.9. The molecule has 0 bridgehead atoms. The average molecular weight is 287 g/mol. The van der Waals surface area contributed by atoms with Crippen molar-refractivity contribution >= 4 is 35.1 Å². The Hall–Kier alpha value is -1.52. The highest BCUT2D eigenvalue weighted by molar-refractivity contribution is 6.35. The Morgan fingerprint density at radius 3 is 2.61 bits per heavy atom. The molecule has 1 aromatic rings. The topological polar surface area (TPSA) is 69.2 Å². The van der Waals surface area contributed by atoms with Crippen LogP contribution >= 0.6 is 23.2 Å². The minimum absolute atomic E-state index is 0.144. The molecule has 1 aromatic carbocycles. The van der Waals surface area contributed by atoms with Gasteiger partial charge in [0.2, 0.25) is 5.91 Å². The van der Waals surface area contributed by atoms with Gasteiger partial charge in [0.25, 0.3) is 0 Å². The number of rotatable bonds is 4. The third-order valence-corrected chi connectivity index (χ3v) is 2.72. The Bertz CT molecular complexity index is 512. The summed E-state index contributed by atoms with van der Waals surface area (Å²) < 4.78 is 0. The van der Waals surface area contributed by atoms with Crippen LogP contribution in [0, 0.1) is 0 Å². The summed E-state index contributed by atoms with van der Waals surface area (Å²) in [6, 6.07) is 4.89. The van der Waals surface area contributed by atoms with Crippen LogP contribution in [0.3, 0.4) is 0 Å². The maximum Gasteiger partial charge on any atom is 0.244 e. The quantitative estimate of drug-likeness (QED) is 0.849. The number of aliphatic carboxylic acids is 1. The van der Waals surface area contributed by atoms with Gasteiger partial charge in [0.05, 0.1) is 5.97 Å². The minimum Gasteiger partial charge on any atom is -0.545 e. The van der Waals surface area contributed by atoms with Crippen molar-refractivity contribution in [1.82, 2.24) is 5.32 Å². The van der Waals surface area contributed by atoms with Crippen molar-refractivity contribution in [3.63, 3.8) is 0 Å². The smallest absolute Gasteiger partial charge is 0.244 e. The molecule has 0 aliphatic rings. The summed E-state index contributed by atoms with van der Waals surface area (Å²) in [5.41, 5.74) is 0.545. The van der Waals surface area contributed by atoms with Crippen LogP contribution < -0.4 is 10.4 Å². The summed E-state index contributed by atoms with van der Waals surface area (Å²) in [6.07, 6.45) is 0.957. The second kappa shape index (κ2) is 6.42. The van der Waals surface area contributed by atoms with Crippen molar-refractivity contribution in [1.29, 1.82) is 0 Å². The van der Waals surface area contributed by atoms with Crippen LogP contribution in [-0.2, 0) is 16.1 Å². The molecule has 0 heterocycles. The number of carboxylic acids is 1. The molecule has 0 aliphatic heterocycles. The van der Waals surface area contributed by atoms with Crippen LogP contribution in [0.1, 0.15) is 12.5 Å². The molecule has 0 spiro atoms. The summed E-state index contributed by atoms with van der Waals surface area (Å²) in [6.45, 7) is 1.47. The summed E-state index contributed by atoms with van der Waals surface area (Å²) >= 11 is 11.6. The highest BCUT2D eigenvalue weighted by Gasteiger charge is 2.03. The van der Waals surface area contributed by atoms with Gasteiger partial charge in [-0.1, -0.05) is 29.3 Å². The van der Waals surface area contributed by atoms with Gasteiger partial charge in [-0.15, -0.1) is 0 Å². The molecule has 4 nitrogen and oxygen atoms in total. The van der Waals surface area contributed by atoms with Gasteiger partial charge in [-0.25, -0.2) is 0 Å². The number of carboxylic acid groups (broad SMARTS) is 1. The second-order valence-electron chi connectivity index (χ2n) is 3.57. The van der Waals surface area contributed by atoms with E-state index in [0.29, 0.717) is 15.6 Å². The summed E-state index contributed by atoms with van der Waals surface area (Å²) in [5.74, 6) is -1.91. The zero-order chi connectivity index (χ0) is 13.7. The first-order chi connectivity index (χ1) is 8.40. The van der Waals surface area contributed by atoms with E-state index in [2.05, 4.69) is 5.32 Å². The Morgan fingerprint density at radius 1 is 1.39 bits per heavy atom. The number of carbonyl (C=O) groups is 2. The molecular formula is C12H10Cl2NO3-. The lowest BCUT2D eigenvalue weighted by Crippen LogP contribution is -2.26. The van der Waals surface area contributed by atoms with E-state index in [4.69, 9.17) is 23.2 Å². The zero-order valence-corrected chi connectivity index (χ0v) is 11.0. The lowest BCUT2D eigenvalue weighted by molar-refractivity contribution is -0.299. The molecule has 1 N–H and O–H groups in total. The van der Waals surface area contributed by atoms with Crippen molar-refractivity contribution in [3.8, 4) is 0 Å². The third-order valence-electron chi connectivity index (χ3n) is 2.14. The van der Waals surface area contributed by atoms with Gasteiger partial charge in [-0.2, -0.15) is 0 Å². The predicted molar refractivity (Wildman–Crippen MR) is 67.1 cm³/mol. The third kappa shape index (κ3) is 4.39. The number of hydrogen-bond acceptors (Lipinski definition) is 3. The fraction of sp³-hybridized carbons (Fsp3) is 0.167. The number of amides is 1. The molecule has 0 radical (unpaired) electrons. The van der Waals surface area contributed by atoms with E-state index in [1.165, 1.54) is 6.92 Å². The van der Waals surface area contributed by atoms with Crippen LogP contribution in [0.2, 0.25) is 10.0 Å². The Balaban J connectivity index is 2.63. The standard InChI is InChI=1S/C12H11Cl2NO3/c1-7(12(17)18)4-11(16)15-6-8-2-3-9(13)5-10(8)14/h2-5H,6H2,1H3,(H,15,16)(H,17,18)/p-1. The normalized spacial score (nSPS) is 11.2.